The number of carbonyl (C=O) groups is 1. The van der Waals surface area contributed by atoms with E-state index >= 15 is 0 Å². The lowest BCUT2D eigenvalue weighted by molar-refractivity contribution is 0.0139. The summed E-state index contributed by atoms with van der Waals surface area (Å²) in [6.45, 7) is 7.28. The Morgan fingerprint density at radius 1 is 1.29 bits per heavy atom. The molecule has 0 spiro atoms. The molecule has 1 aromatic carbocycles. The molecule has 3 aromatic rings. The van der Waals surface area contributed by atoms with Gasteiger partial charge in [-0.2, -0.15) is 10.4 Å². The maximum atomic E-state index is 12.6. The van der Waals surface area contributed by atoms with Crippen LogP contribution in [0.5, 0.6) is 11.5 Å². The number of nitrogens with one attached hydrogen (secondary N) is 2. The third-order valence-corrected chi connectivity index (χ3v) is 6.59. The minimum Gasteiger partial charge on any atom is -0.496 e. The number of aromatic nitrogens is 4. The van der Waals surface area contributed by atoms with E-state index in [4.69, 9.17) is 19.5 Å². The van der Waals surface area contributed by atoms with Gasteiger partial charge in [-0.15, -0.1) is 0 Å². The molecule has 2 N–H and O–H groups in total. The number of likely N-dealkylation sites (tertiary alicyclic amines) is 1. The van der Waals surface area contributed by atoms with Crippen LogP contribution in [0.15, 0.2) is 35.1 Å². The Morgan fingerprint density at radius 3 is 2.76 bits per heavy atom. The number of H-pyrrole nitrogens is 1. The van der Waals surface area contributed by atoms with Gasteiger partial charge in [0.2, 0.25) is 0 Å². The summed E-state index contributed by atoms with van der Waals surface area (Å²) in [6, 6.07) is 7.52. The van der Waals surface area contributed by atoms with Gasteiger partial charge in [0.15, 0.2) is 11.5 Å². The summed E-state index contributed by atoms with van der Waals surface area (Å²) >= 11 is 3.62. The van der Waals surface area contributed by atoms with Gasteiger partial charge in [0, 0.05) is 19.0 Å². The summed E-state index contributed by atoms with van der Waals surface area (Å²) in [7, 11) is 1.60. The first-order valence-corrected chi connectivity index (χ1v) is 13.0. The van der Waals surface area contributed by atoms with Crippen molar-refractivity contribution in [2.24, 2.45) is 5.92 Å². The Labute approximate surface area is 229 Å². The second kappa shape index (κ2) is 11.7. The number of carbonyl (C=O) groups excluding carboxylic acids is 1. The number of rotatable bonds is 7. The number of aromatic amines is 1. The van der Waals surface area contributed by atoms with Crippen LogP contribution in [0.4, 0.5) is 16.4 Å². The largest absolute Gasteiger partial charge is 0.496 e. The van der Waals surface area contributed by atoms with Crippen LogP contribution < -0.4 is 14.8 Å². The van der Waals surface area contributed by atoms with Crippen molar-refractivity contribution in [3.8, 4) is 28.8 Å². The fourth-order valence-electron chi connectivity index (χ4n) is 4.10. The molecule has 1 atom stereocenters. The summed E-state index contributed by atoms with van der Waals surface area (Å²) < 4.78 is 18.1. The third-order valence-electron chi connectivity index (χ3n) is 5.82. The molecule has 1 aliphatic heterocycles. The number of hydrogen-bond donors (Lipinski definition) is 2. The molecule has 38 heavy (non-hydrogen) atoms. The first kappa shape index (κ1) is 27.2. The fourth-order valence-corrected chi connectivity index (χ4v) is 4.57. The predicted octanol–water partition coefficient (Wildman–Crippen LogP) is 5.28. The van der Waals surface area contributed by atoms with E-state index in [2.05, 4.69) is 41.4 Å². The predicted molar refractivity (Wildman–Crippen MR) is 144 cm³/mol. The maximum Gasteiger partial charge on any atom is 0.410 e. The number of nitriles is 1. The minimum atomic E-state index is -0.534. The number of ether oxygens (including phenoxy) is 3. The zero-order chi connectivity index (χ0) is 27.3. The van der Waals surface area contributed by atoms with Gasteiger partial charge < -0.3 is 24.4 Å². The summed E-state index contributed by atoms with van der Waals surface area (Å²) in [5.41, 5.74) is 1.04. The Kier molecular flexibility index (Phi) is 8.36. The summed E-state index contributed by atoms with van der Waals surface area (Å²) in [4.78, 5) is 22.5. The lowest BCUT2D eigenvalue weighted by Gasteiger charge is -2.34. The van der Waals surface area contributed by atoms with Crippen LogP contribution in [0, 0.1) is 17.2 Å². The Bertz CT molecular complexity index is 1310. The number of benzene rings is 1. The molecule has 4 rings (SSSR count). The zero-order valence-electron chi connectivity index (χ0n) is 21.7. The molecule has 1 fully saturated rings. The molecule has 12 heteroatoms. The second-order valence-corrected chi connectivity index (χ2v) is 10.7. The molecule has 0 unspecified atom stereocenters. The van der Waals surface area contributed by atoms with Crippen molar-refractivity contribution < 1.29 is 19.0 Å². The molecule has 1 aliphatic rings. The molecular formula is C26H30BrN7O4. The smallest absolute Gasteiger partial charge is 0.410 e. The molecule has 1 saturated heterocycles. The van der Waals surface area contributed by atoms with Crippen LogP contribution in [0.1, 0.15) is 39.3 Å². The number of piperidine rings is 1. The normalized spacial score (nSPS) is 15.5. The number of amides is 1. The summed E-state index contributed by atoms with van der Waals surface area (Å²) in [5.74, 6) is 2.30. The standard InChI is InChI=1S/C26H30BrN7O4/c1-26(2,3)38-25(35)34-10-6-7-16(14-34)15-37-19-9-5-8-18(36-4)21(19)23-22(27)24(33-32-23)31-20-13-29-17(11-28)12-30-20/h5,8-9,12-13,16H,6-7,10,14-15H2,1-4H3,(H2,30,31,32,33)/t16-/m0/s1. The average molecular weight is 584 g/mol. The number of hydrogen-bond acceptors (Lipinski definition) is 9. The molecule has 0 bridgehead atoms. The van der Waals surface area contributed by atoms with Crippen molar-refractivity contribution in [2.75, 3.05) is 32.1 Å². The van der Waals surface area contributed by atoms with Gasteiger partial charge in [0.1, 0.15) is 29.0 Å². The quantitative estimate of drug-likeness (QED) is 0.380. The number of anilines is 2. The van der Waals surface area contributed by atoms with Crippen LogP contribution >= 0.6 is 15.9 Å². The Hall–Kier alpha value is -3.85. The van der Waals surface area contributed by atoms with Crippen LogP contribution in [-0.2, 0) is 4.74 Å². The highest BCUT2D eigenvalue weighted by molar-refractivity contribution is 9.10. The second-order valence-electron chi connectivity index (χ2n) is 9.86. The average Bonchev–Trinajstić information content (AvgIpc) is 3.26. The molecule has 0 radical (unpaired) electrons. The van der Waals surface area contributed by atoms with Gasteiger partial charge in [0.05, 0.1) is 41.8 Å². The van der Waals surface area contributed by atoms with Gasteiger partial charge in [-0.1, -0.05) is 6.07 Å². The van der Waals surface area contributed by atoms with Crippen molar-refractivity contribution in [3.05, 3.63) is 40.8 Å². The first-order valence-electron chi connectivity index (χ1n) is 12.2. The van der Waals surface area contributed by atoms with Crippen LogP contribution in [0.3, 0.4) is 0 Å². The molecule has 0 aliphatic carbocycles. The first-order chi connectivity index (χ1) is 18.2. The van der Waals surface area contributed by atoms with Crippen molar-refractivity contribution in [1.29, 1.82) is 5.26 Å². The molecular weight excluding hydrogens is 554 g/mol. The highest BCUT2D eigenvalue weighted by Crippen LogP contribution is 2.43. The van der Waals surface area contributed by atoms with E-state index in [1.54, 1.807) is 12.0 Å². The molecule has 1 amide bonds. The van der Waals surface area contributed by atoms with E-state index < -0.39 is 5.60 Å². The number of nitrogens with zero attached hydrogens (tertiary/aromatic N) is 5. The van der Waals surface area contributed by atoms with Crippen LogP contribution in [-0.4, -0.2) is 63.6 Å². The molecule has 0 saturated carbocycles. The topological polar surface area (TPSA) is 138 Å². The molecule has 11 nitrogen and oxygen atoms in total. The van der Waals surface area contributed by atoms with Crippen molar-refractivity contribution in [1.82, 2.24) is 25.1 Å². The number of halogens is 1. The fraction of sp³-hybridized carbons (Fsp3) is 0.423. The van der Waals surface area contributed by atoms with Gasteiger partial charge in [-0.25, -0.2) is 14.8 Å². The Morgan fingerprint density at radius 2 is 2.08 bits per heavy atom. The summed E-state index contributed by atoms with van der Waals surface area (Å²) in [5, 5.41) is 19.4. The lowest BCUT2D eigenvalue weighted by atomic mass is 9.99. The van der Waals surface area contributed by atoms with Gasteiger partial charge in [-0.3, -0.25) is 5.10 Å². The highest BCUT2D eigenvalue weighted by Gasteiger charge is 2.28. The minimum absolute atomic E-state index is 0.160. The van der Waals surface area contributed by atoms with Crippen LogP contribution in [0.25, 0.3) is 11.3 Å². The van der Waals surface area contributed by atoms with E-state index in [9.17, 15) is 4.79 Å². The zero-order valence-corrected chi connectivity index (χ0v) is 23.3. The van der Waals surface area contributed by atoms with Crippen LogP contribution in [0.2, 0.25) is 0 Å². The molecule has 3 heterocycles. The Balaban J connectivity index is 1.51. The van der Waals surface area contributed by atoms with E-state index in [0.29, 0.717) is 58.6 Å². The van der Waals surface area contributed by atoms with Crippen molar-refractivity contribution >= 4 is 33.7 Å². The van der Waals surface area contributed by atoms with Gasteiger partial charge in [-0.05, 0) is 61.7 Å². The molecule has 2 aromatic heterocycles. The SMILES string of the molecule is COc1cccc(OC[C@H]2CCCN(C(=O)OC(C)(C)C)C2)c1-c1[nH]nc(Nc2cnc(C#N)cn2)c1Br. The third kappa shape index (κ3) is 6.52. The monoisotopic (exact) mass is 583 g/mol. The van der Waals surface area contributed by atoms with Gasteiger partial charge in [0.25, 0.3) is 0 Å². The van der Waals surface area contributed by atoms with E-state index in [0.717, 1.165) is 12.8 Å². The molecule has 200 valence electrons. The van der Waals surface area contributed by atoms with E-state index in [1.165, 1.54) is 12.4 Å². The maximum absolute atomic E-state index is 12.6. The van der Waals surface area contributed by atoms with Gasteiger partial charge >= 0.3 is 6.09 Å². The van der Waals surface area contributed by atoms with E-state index in [1.807, 2.05) is 45.0 Å². The summed E-state index contributed by atoms with van der Waals surface area (Å²) in [6.07, 6.45) is 4.38. The lowest BCUT2D eigenvalue weighted by Crippen LogP contribution is -2.44. The number of methoxy groups -OCH3 is 1. The van der Waals surface area contributed by atoms with Crippen molar-refractivity contribution in [3.63, 3.8) is 0 Å². The highest BCUT2D eigenvalue weighted by atomic mass is 79.9. The van der Waals surface area contributed by atoms with E-state index in [-0.39, 0.29) is 17.7 Å². The van der Waals surface area contributed by atoms with Crippen molar-refractivity contribution in [2.45, 2.75) is 39.2 Å².